The number of carboxylic acid groups (broad SMARTS) is 1. The second-order valence-corrected chi connectivity index (χ2v) is 5.61. The minimum absolute atomic E-state index is 0.0638. The fourth-order valence-corrected chi connectivity index (χ4v) is 2.79. The fourth-order valence-electron chi connectivity index (χ4n) is 2.79. The maximum Gasteiger partial charge on any atom is 0.315 e. The summed E-state index contributed by atoms with van der Waals surface area (Å²) in [5.41, 5.74) is 0. The molecule has 2 rings (SSSR count). The van der Waals surface area contributed by atoms with Crippen molar-refractivity contribution in [3.63, 3.8) is 0 Å². The Kier molecular flexibility index (Phi) is 5.19. The second-order valence-electron chi connectivity index (χ2n) is 5.61. The summed E-state index contributed by atoms with van der Waals surface area (Å²) in [6.45, 7) is 2.52. The van der Waals surface area contributed by atoms with Crippen LogP contribution in [-0.2, 0) is 11.3 Å². The van der Waals surface area contributed by atoms with E-state index in [2.05, 4.69) is 15.6 Å². The maximum atomic E-state index is 12.0. The lowest BCUT2D eigenvalue weighted by Crippen LogP contribution is -2.51. The highest BCUT2D eigenvalue weighted by atomic mass is 16.4. The zero-order chi connectivity index (χ0) is 15.2. The molecular formula is C14H22N4O3. The third-order valence-electron chi connectivity index (χ3n) is 3.82. The molecule has 0 spiro atoms. The number of carboxylic acids is 1. The number of hydrogen-bond donors (Lipinski definition) is 3. The number of nitrogens with one attached hydrogen (secondary N) is 2. The van der Waals surface area contributed by atoms with Crippen molar-refractivity contribution < 1.29 is 14.7 Å². The van der Waals surface area contributed by atoms with Gasteiger partial charge in [-0.2, -0.15) is 0 Å². The summed E-state index contributed by atoms with van der Waals surface area (Å²) in [6.07, 6.45) is 8.43. The summed E-state index contributed by atoms with van der Waals surface area (Å²) in [5.74, 6) is -1.31. The van der Waals surface area contributed by atoms with Crippen LogP contribution in [0.3, 0.4) is 0 Å². The lowest BCUT2D eigenvalue weighted by molar-refractivity contribution is -0.143. The van der Waals surface area contributed by atoms with Crippen molar-refractivity contribution in [3.05, 3.63) is 18.7 Å². The van der Waals surface area contributed by atoms with Crippen LogP contribution in [0.25, 0.3) is 0 Å². The maximum absolute atomic E-state index is 12.0. The van der Waals surface area contributed by atoms with Crippen molar-refractivity contribution in [2.45, 2.75) is 51.2 Å². The van der Waals surface area contributed by atoms with Gasteiger partial charge in [0.05, 0.1) is 12.2 Å². The zero-order valence-corrected chi connectivity index (χ0v) is 12.2. The molecule has 0 bridgehead atoms. The summed E-state index contributed by atoms with van der Waals surface area (Å²) < 4.78 is 1.88. The number of aliphatic carboxylic acids is 1. The summed E-state index contributed by atoms with van der Waals surface area (Å²) in [4.78, 5) is 27.1. The first-order valence-corrected chi connectivity index (χ1v) is 7.32. The van der Waals surface area contributed by atoms with Gasteiger partial charge in [-0.3, -0.25) is 4.79 Å². The van der Waals surface area contributed by atoms with Gasteiger partial charge in [0, 0.05) is 31.0 Å². The van der Waals surface area contributed by atoms with E-state index in [0.29, 0.717) is 13.0 Å². The standard InChI is InChI=1S/C14H22N4O3/c1-10(8-18-7-6-15-9-18)16-14(21)17-12-5-3-2-4-11(12)13(19)20/h6-7,9-12H,2-5,8H2,1H3,(H,19,20)(H2,16,17,21). The fraction of sp³-hybridized carbons (Fsp3) is 0.643. The molecule has 1 aliphatic rings. The molecule has 1 aromatic heterocycles. The van der Waals surface area contributed by atoms with Crippen LogP contribution in [0, 0.1) is 5.92 Å². The number of rotatable bonds is 5. The smallest absolute Gasteiger partial charge is 0.315 e. The number of urea groups is 1. The van der Waals surface area contributed by atoms with E-state index in [1.165, 1.54) is 0 Å². The number of aromatic nitrogens is 2. The Balaban J connectivity index is 1.81. The van der Waals surface area contributed by atoms with Crippen molar-refractivity contribution in [1.29, 1.82) is 0 Å². The highest BCUT2D eigenvalue weighted by molar-refractivity contribution is 5.77. The molecule has 0 saturated heterocycles. The third kappa shape index (κ3) is 4.47. The molecule has 1 fully saturated rings. The van der Waals surface area contributed by atoms with E-state index < -0.39 is 11.9 Å². The van der Waals surface area contributed by atoms with Gasteiger partial charge in [-0.1, -0.05) is 12.8 Å². The SMILES string of the molecule is CC(Cn1ccnc1)NC(=O)NC1CCCCC1C(=O)O. The Hall–Kier alpha value is -2.05. The largest absolute Gasteiger partial charge is 0.481 e. The first-order chi connectivity index (χ1) is 10.1. The van der Waals surface area contributed by atoms with Gasteiger partial charge in [0.25, 0.3) is 0 Å². The monoisotopic (exact) mass is 294 g/mol. The van der Waals surface area contributed by atoms with Gasteiger partial charge in [0.2, 0.25) is 0 Å². The van der Waals surface area contributed by atoms with Crippen LogP contribution in [0.5, 0.6) is 0 Å². The van der Waals surface area contributed by atoms with Gasteiger partial charge in [-0.05, 0) is 19.8 Å². The van der Waals surface area contributed by atoms with Gasteiger partial charge in [-0.15, -0.1) is 0 Å². The molecule has 3 atom stereocenters. The minimum atomic E-state index is -0.827. The number of imidazole rings is 1. The number of nitrogens with zero attached hydrogens (tertiary/aromatic N) is 2. The third-order valence-corrected chi connectivity index (χ3v) is 3.82. The van der Waals surface area contributed by atoms with Crippen LogP contribution in [0.4, 0.5) is 4.79 Å². The quantitative estimate of drug-likeness (QED) is 0.760. The Labute approximate surface area is 123 Å². The summed E-state index contributed by atoms with van der Waals surface area (Å²) in [7, 11) is 0. The van der Waals surface area contributed by atoms with Crippen molar-refractivity contribution in [2.75, 3.05) is 0 Å². The number of carbonyl (C=O) groups excluding carboxylic acids is 1. The molecular weight excluding hydrogens is 272 g/mol. The highest BCUT2D eigenvalue weighted by Gasteiger charge is 2.31. The number of amides is 2. The van der Waals surface area contributed by atoms with Crippen molar-refractivity contribution in [1.82, 2.24) is 20.2 Å². The van der Waals surface area contributed by atoms with Crippen LogP contribution < -0.4 is 10.6 Å². The predicted molar refractivity (Wildman–Crippen MR) is 76.7 cm³/mol. The molecule has 7 nitrogen and oxygen atoms in total. The van der Waals surface area contributed by atoms with E-state index in [-0.39, 0.29) is 18.1 Å². The summed E-state index contributed by atoms with van der Waals surface area (Å²) >= 11 is 0. The van der Waals surface area contributed by atoms with Gasteiger partial charge >= 0.3 is 12.0 Å². The molecule has 1 saturated carbocycles. The molecule has 0 aliphatic heterocycles. The van der Waals surface area contributed by atoms with E-state index in [9.17, 15) is 14.7 Å². The van der Waals surface area contributed by atoms with E-state index in [1.807, 2.05) is 17.7 Å². The van der Waals surface area contributed by atoms with Crippen LogP contribution >= 0.6 is 0 Å². The Morgan fingerprint density at radius 2 is 2.19 bits per heavy atom. The lowest BCUT2D eigenvalue weighted by Gasteiger charge is -2.29. The molecule has 3 unspecified atom stereocenters. The second kappa shape index (κ2) is 7.10. The Morgan fingerprint density at radius 3 is 2.86 bits per heavy atom. The first kappa shape index (κ1) is 15.3. The average Bonchev–Trinajstić information content (AvgIpc) is 2.91. The van der Waals surface area contributed by atoms with Crippen LogP contribution in [0.2, 0.25) is 0 Å². The number of carbonyl (C=O) groups is 2. The van der Waals surface area contributed by atoms with Crippen LogP contribution in [-0.4, -0.2) is 38.7 Å². The molecule has 0 aromatic carbocycles. The summed E-state index contributed by atoms with van der Waals surface area (Å²) in [6, 6.07) is -0.650. The van der Waals surface area contributed by atoms with Crippen molar-refractivity contribution in [2.24, 2.45) is 5.92 Å². The van der Waals surface area contributed by atoms with Crippen molar-refractivity contribution in [3.8, 4) is 0 Å². The normalized spacial score (nSPS) is 23.3. The molecule has 1 heterocycles. The molecule has 1 aliphatic carbocycles. The first-order valence-electron chi connectivity index (χ1n) is 7.32. The lowest BCUT2D eigenvalue weighted by atomic mass is 9.84. The zero-order valence-electron chi connectivity index (χ0n) is 12.2. The summed E-state index contributed by atoms with van der Waals surface area (Å²) in [5, 5.41) is 14.8. The van der Waals surface area contributed by atoms with Gasteiger partial charge in [0.15, 0.2) is 0 Å². The number of hydrogen-bond acceptors (Lipinski definition) is 3. The molecule has 116 valence electrons. The highest BCUT2D eigenvalue weighted by Crippen LogP contribution is 2.24. The molecule has 7 heteroatoms. The average molecular weight is 294 g/mol. The van der Waals surface area contributed by atoms with E-state index in [0.717, 1.165) is 19.3 Å². The van der Waals surface area contributed by atoms with Crippen LogP contribution in [0.15, 0.2) is 18.7 Å². The predicted octanol–water partition coefficient (Wildman–Crippen LogP) is 1.21. The molecule has 3 N–H and O–H groups in total. The van der Waals surface area contributed by atoms with Crippen molar-refractivity contribution >= 4 is 12.0 Å². The van der Waals surface area contributed by atoms with Crippen LogP contribution in [0.1, 0.15) is 32.6 Å². The molecule has 1 aromatic rings. The Morgan fingerprint density at radius 1 is 1.43 bits per heavy atom. The van der Waals surface area contributed by atoms with E-state index in [4.69, 9.17) is 0 Å². The van der Waals surface area contributed by atoms with Gasteiger partial charge < -0.3 is 20.3 Å². The molecule has 21 heavy (non-hydrogen) atoms. The minimum Gasteiger partial charge on any atom is -0.481 e. The molecule has 2 amide bonds. The Bertz CT molecular complexity index is 475. The van der Waals surface area contributed by atoms with E-state index >= 15 is 0 Å². The van der Waals surface area contributed by atoms with E-state index in [1.54, 1.807) is 12.5 Å². The molecule has 0 radical (unpaired) electrons. The van der Waals surface area contributed by atoms with Gasteiger partial charge in [0.1, 0.15) is 0 Å². The van der Waals surface area contributed by atoms with Gasteiger partial charge in [-0.25, -0.2) is 9.78 Å². The topological polar surface area (TPSA) is 96.3 Å².